The lowest BCUT2D eigenvalue weighted by Gasteiger charge is -2.05. The van der Waals surface area contributed by atoms with Crippen molar-refractivity contribution in [3.8, 4) is 0 Å². The minimum Gasteiger partial charge on any atom is -0.346 e. The number of rotatable bonds is 3. The summed E-state index contributed by atoms with van der Waals surface area (Å²) < 4.78 is 16.4. The molecule has 0 atom stereocenters. The average Bonchev–Trinajstić information content (AvgIpc) is 3.16. The fourth-order valence-electron chi connectivity index (χ4n) is 3.11. The molecular formula is C17H16FN7O2. The number of amides is 1. The number of hydrogen-bond acceptors (Lipinski definition) is 5. The van der Waals surface area contributed by atoms with Gasteiger partial charge in [0.2, 0.25) is 0 Å². The molecule has 1 amide bonds. The molecule has 138 valence electrons. The topological polar surface area (TPSA) is 110 Å². The SMILES string of the molecule is Cc1nn(C)c(C)c1CNC(=O)c1nnn2c1c(=O)[nH]c1cc(F)ccc12. The minimum atomic E-state index is -0.572. The van der Waals surface area contributed by atoms with Crippen molar-refractivity contribution in [2.45, 2.75) is 20.4 Å². The fourth-order valence-corrected chi connectivity index (χ4v) is 3.11. The Labute approximate surface area is 151 Å². The van der Waals surface area contributed by atoms with E-state index in [4.69, 9.17) is 0 Å². The first-order valence-corrected chi connectivity index (χ1v) is 8.21. The summed E-state index contributed by atoms with van der Waals surface area (Å²) >= 11 is 0. The van der Waals surface area contributed by atoms with Crippen molar-refractivity contribution < 1.29 is 9.18 Å². The fraction of sp³-hybridized carbons (Fsp3) is 0.235. The number of nitrogens with one attached hydrogen (secondary N) is 2. The molecule has 10 heteroatoms. The summed E-state index contributed by atoms with van der Waals surface area (Å²) in [4.78, 5) is 27.6. The first-order chi connectivity index (χ1) is 12.9. The second-order valence-corrected chi connectivity index (χ2v) is 6.27. The van der Waals surface area contributed by atoms with E-state index in [1.807, 2.05) is 20.9 Å². The number of halogens is 1. The summed E-state index contributed by atoms with van der Waals surface area (Å²) in [6, 6.07) is 3.90. The molecule has 0 unspecified atom stereocenters. The number of carbonyl (C=O) groups is 1. The number of fused-ring (bicyclic) bond motifs is 3. The molecular weight excluding hydrogens is 353 g/mol. The molecule has 0 radical (unpaired) electrons. The number of H-pyrrole nitrogens is 1. The Hall–Kier alpha value is -3.56. The molecule has 3 heterocycles. The van der Waals surface area contributed by atoms with Crippen molar-refractivity contribution in [2.75, 3.05) is 0 Å². The highest BCUT2D eigenvalue weighted by molar-refractivity contribution is 5.99. The zero-order valence-corrected chi connectivity index (χ0v) is 14.9. The van der Waals surface area contributed by atoms with Crippen LogP contribution >= 0.6 is 0 Å². The molecule has 4 aromatic rings. The van der Waals surface area contributed by atoms with Crippen LogP contribution in [0.5, 0.6) is 0 Å². The van der Waals surface area contributed by atoms with Crippen LogP contribution in [0.2, 0.25) is 0 Å². The zero-order valence-electron chi connectivity index (χ0n) is 14.9. The Morgan fingerprint density at radius 2 is 2.11 bits per heavy atom. The molecule has 3 aromatic heterocycles. The van der Waals surface area contributed by atoms with Gasteiger partial charge >= 0.3 is 0 Å². The third-order valence-corrected chi connectivity index (χ3v) is 4.62. The third kappa shape index (κ3) is 2.65. The monoisotopic (exact) mass is 369 g/mol. The quantitative estimate of drug-likeness (QED) is 0.560. The summed E-state index contributed by atoms with van der Waals surface area (Å²) in [5.41, 5.74) is 2.70. The number of hydrogen-bond donors (Lipinski definition) is 2. The van der Waals surface area contributed by atoms with Crippen LogP contribution in [0, 0.1) is 19.7 Å². The van der Waals surface area contributed by atoms with Crippen LogP contribution in [0.25, 0.3) is 16.6 Å². The molecule has 9 nitrogen and oxygen atoms in total. The third-order valence-electron chi connectivity index (χ3n) is 4.62. The molecule has 4 rings (SSSR count). The number of aromatic amines is 1. The number of aryl methyl sites for hydroxylation is 2. The molecule has 0 aliphatic heterocycles. The molecule has 0 saturated heterocycles. The molecule has 1 aromatic carbocycles. The summed E-state index contributed by atoms with van der Waals surface area (Å²) in [5.74, 6) is -1.02. The second kappa shape index (κ2) is 6.01. The number of benzene rings is 1. The van der Waals surface area contributed by atoms with Crippen LogP contribution in [-0.2, 0) is 13.6 Å². The maximum atomic E-state index is 13.4. The van der Waals surface area contributed by atoms with Gasteiger partial charge in [-0.25, -0.2) is 8.91 Å². The first-order valence-electron chi connectivity index (χ1n) is 8.21. The van der Waals surface area contributed by atoms with Crippen LogP contribution in [0.15, 0.2) is 23.0 Å². The molecule has 27 heavy (non-hydrogen) atoms. The number of aromatic nitrogens is 6. The molecule has 0 spiro atoms. The number of nitrogens with zero attached hydrogens (tertiary/aromatic N) is 5. The maximum Gasteiger partial charge on any atom is 0.277 e. The smallest absolute Gasteiger partial charge is 0.277 e. The summed E-state index contributed by atoms with van der Waals surface area (Å²) in [5, 5.41) is 14.8. The lowest BCUT2D eigenvalue weighted by atomic mass is 10.2. The summed E-state index contributed by atoms with van der Waals surface area (Å²) in [6.45, 7) is 4.02. The molecule has 0 saturated carbocycles. The van der Waals surface area contributed by atoms with Gasteiger partial charge in [-0.15, -0.1) is 5.10 Å². The standard InChI is InChI=1S/C17H16FN7O2/c1-8-11(9(2)24(3)22-8)7-19-16(26)14-15-17(27)20-12-6-10(18)4-5-13(12)25(15)23-21-14/h4-6H,7H2,1-3H3,(H,19,26)(H,20,27). The van der Waals surface area contributed by atoms with Gasteiger partial charge in [0, 0.05) is 24.8 Å². The Kier molecular flexibility index (Phi) is 3.76. The van der Waals surface area contributed by atoms with Crippen molar-refractivity contribution in [3.63, 3.8) is 0 Å². The Morgan fingerprint density at radius 1 is 1.33 bits per heavy atom. The van der Waals surface area contributed by atoms with Gasteiger partial charge in [0.1, 0.15) is 5.82 Å². The maximum absolute atomic E-state index is 13.4. The molecule has 0 fully saturated rings. The highest BCUT2D eigenvalue weighted by atomic mass is 19.1. The predicted molar refractivity (Wildman–Crippen MR) is 94.9 cm³/mol. The predicted octanol–water partition coefficient (Wildman–Crippen LogP) is 0.990. The highest BCUT2D eigenvalue weighted by Crippen LogP contribution is 2.15. The molecule has 0 aliphatic rings. The van der Waals surface area contributed by atoms with Crippen molar-refractivity contribution in [1.82, 2.24) is 34.9 Å². The van der Waals surface area contributed by atoms with Crippen molar-refractivity contribution in [1.29, 1.82) is 0 Å². The van der Waals surface area contributed by atoms with Crippen LogP contribution in [0.1, 0.15) is 27.4 Å². The van der Waals surface area contributed by atoms with Gasteiger partial charge in [0.25, 0.3) is 11.5 Å². The van der Waals surface area contributed by atoms with E-state index in [1.54, 1.807) is 4.68 Å². The van der Waals surface area contributed by atoms with Crippen molar-refractivity contribution in [2.24, 2.45) is 7.05 Å². The summed E-state index contributed by atoms with van der Waals surface area (Å²) in [6.07, 6.45) is 0. The van der Waals surface area contributed by atoms with Gasteiger partial charge in [-0.3, -0.25) is 14.3 Å². The van der Waals surface area contributed by atoms with Crippen molar-refractivity contribution >= 4 is 22.5 Å². The highest BCUT2D eigenvalue weighted by Gasteiger charge is 2.20. The van der Waals surface area contributed by atoms with E-state index >= 15 is 0 Å². The molecule has 0 aliphatic carbocycles. The zero-order chi connectivity index (χ0) is 19.3. The normalized spacial score (nSPS) is 11.4. The Morgan fingerprint density at radius 3 is 2.81 bits per heavy atom. The van der Waals surface area contributed by atoms with Gasteiger partial charge in [-0.05, 0) is 32.0 Å². The van der Waals surface area contributed by atoms with Crippen molar-refractivity contribution in [3.05, 3.63) is 57.0 Å². The van der Waals surface area contributed by atoms with E-state index in [1.165, 1.54) is 22.7 Å². The van der Waals surface area contributed by atoms with Gasteiger partial charge in [-0.1, -0.05) is 5.21 Å². The van der Waals surface area contributed by atoms with Crippen LogP contribution < -0.4 is 10.9 Å². The first kappa shape index (κ1) is 16.9. The largest absolute Gasteiger partial charge is 0.346 e. The van der Waals surface area contributed by atoms with E-state index in [9.17, 15) is 14.0 Å². The Balaban J connectivity index is 1.72. The van der Waals surface area contributed by atoms with Gasteiger partial charge < -0.3 is 10.3 Å². The van der Waals surface area contributed by atoms with E-state index in [2.05, 4.69) is 25.7 Å². The van der Waals surface area contributed by atoms with Gasteiger partial charge in [0.05, 0.1) is 16.7 Å². The summed E-state index contributed by atoms with van der Waals surface area (Å²) in [7, 11) is 1.83. The van der Waals surface area contributed by atoms with E-state index in [0.717, 1.165) is 17.0 Å². The van der Waals surface area contributed by atoms with Crippen LogP contribution in [0.3, 0.4) is 0 Å². The van der Waals surface area contributed by atoms with E-state index in [-0.39, 0.29) is 23.3 Å². The van der Waals surface area contributed by atoms with Crippen LogP contribution in [-0.4, -0.2) is 35.5 Å². The van der Waals surface area contributed by atoms with Crippen LogP contribution in [0.4, 0.5) is 4.39 Å². The lowest BCUT2D eigenvalue weighted by Crippen LogP contribution is -2.25. The van der Waals surface area contributed by atoms with E-state index in [0.29, 0.717) is 5.52 Å². The van der Waals surface area contributed by atoms with Gasteiger partial charge in [0.15, 0.2) is 11.2 Å². The second-order valence-electron chi connectivity index (χ2n) is 6.27. The Bertz CT molecular complexity index is 1270. The van der Waals surface area contributed by atoms with Gasteiger partial charge in [-0.2, -0.15) is 5.10 Å². The number of carbonyl (C=O) groups excluding carboxylic acids is 1. The average molecular weight is 369 g/mol. The molecule has 2 N–H and O–H groups in total. The lowest BCUT2D eigenvalue weighted by molar-refractivity contribution is 0.0947. The van der Waals surface area contributed by atoms with E-state index < -0.39 is 17.3 Å². The molecule has 0 bridgehead atoms. The minimum absolute atomic E-state index is 0.00578.